The molecule has 1 aliphatic heterocycles. The van der Waals surface area contributed by atoms with Gasteiger partial charge in [0.15, 0.2) is 0 Å². The SMILES string of the molecule is COc1nc(NCC2CCCN(Cc3ccccc3)C2)ncc1F. The molecule has 0 radical (unpaired) electrons. The number of aromatic nitrogens is 2. The van der Waals surface area contributed by atoms with Gasteiger partial charge in [-0.05, 0) is 30.9 Å². The monoisotopic (exact) mass is 330 g/mol. The second kappa shape index (κ2) is 8.06. The van der Waals surface area contributed by atoms with Gasteiger partial charge in [0.25, 0.3) is 5.88 Å². The molecular formula is C18H23FN4O. The van der Waals surface area contributed by atoms with Gasteiger partial charge in [-0.25, -0.2) is 4.98 Å². The van der Waals surface area contributed by atoms with Gasteiger partial charge in [0.2, 0.25) is 11.8 Å². The Bertz CT molecular complexity index is 653. The number of anilines is 1. The van der Waals surface area contributed by atoms with Gasteiger partial charge in [-0.15, -0.1) is 0 Å². The van der Waals surface area contributed by atoms with Gasteiger partial charge in [-0.1, -0.05) is 30.3 Å². The quantitative estimate of drug-likeness (QED) is 0.882. The topological polar surface area (TPSA) is 50.3 Å². The summed E-state index contributed by atoms with van der Waals surface area (Å²) in [6.45, 7) is 3.94. The maximum atomic E-state index is 13.3. The van der Waals surface area contributed by atoms with Crippen molar-refractivity contribution in [2.75, 3.05) is 32.1 Å². The van der Waals surface area contributed by atoms with Gasteiger partial charge in [-0.3, -0.25) is 4.90 Å². The minimum atomic E-state index is -0.547. The van der Waals surface area contributed by atoms with Gasteiger partial charge >= 0.3 is 0 Å². The van der Waals surface area contributed by atoms with Crippen LogP contribution in [-0.2, 0) is 6.54 Å². The highest BCUT2D eigenvalue weighted by molar-refractivity contribution is 5.28. The maximum Gasteiger partial charge on any atom is 0.255 e. The normalized spacial score (nSPS) is 18.3. The molecule has 0 spiro atoms. The summed E-state index contributed by atoms with van der Waals surface area (Å²) in [7, 11) is 1.40. The molecule has 0 saturated carbocycles. The van der Waals surface area contributed by atoms with E-state index in [1.165, 1.54) is 25.5 Å². The zero-order valence-corrected chi connectivity index (χ0v) is 13.9. The fraction of sp³-hybridized carbons (Fsp3) is 0.444. The van der Waals surface area contributed by atoms with Crippen molar-refractivity contribution in [2.24, 2.45) is 5.92 Å². The molecule has 6 heteroatoms. The molecule has 1 aliphatic rings. The number of likely N-dealkylation sites (tertiary alicyclic amines) is 1. The number of nitrogens with one attached hydrogen (secondary N) is 1. The molecule has 1 aromatic carbocycles. The van der Waals surface area contributed by atoms with Crippen LogP contribution in [0.4, 0.5) is 10.3 Å². The molecular weight excluding hydrogens is 307 g/mol. The molecule has 1 unspecified atom stereocenters. The van der Waals surface area contributed by atoms with E-state index in [0.717, 1.165) is 32.4 Å². The van der Waals surface area contributed by atoms with E-state index in [4.69, 9.17) is 4.74 Å². The van der Waals surface area contributed by atoms with Crippen LogP contribution in [0.1, 0.15) is 18.4 Å². The summed E-state index contributed by atoms with van der Waals surface area (Å²) >= 11 is 0. The first-order valence-corrected chi connectivity index (χ1v) is 8.31. The Hall–Kier alpha value is -2.21. The molecule has 2 heterocycles. The molecule has 1 aromatic heterocycles. The number of piperidine rings is 1. The minimum Gasteiger partial charge on any atom is -0.479 e. The Kier molecular flexibility index (Phi) is 5.59. The largest absolute Gasteiger partial charge is 0.479 e. The van der Waals surface area contributed by atoms with E-state index in [9.17, 15) is 4.39 Å². The predicted molar refractivity (Wildman–Crippen MR) is 91.5 cm³/mol. The third-order valence-electron chi connectivity index (χ3n) is 4.31. The number of hydrogen-bond acceptors (Lipinski definition) is 5. The smallest absolute Gasteiger partial charge is 0.255 e. The molecule has 128 valence electrons. The van der Waals surface area contributed by atoms with E-state index in [0.29, 0.717) is 11.9 Å². The van der Waals surface area contributed by atoms with Crippen molar-refractivity contribution in [3.8, 4) is 5.88 Å². The lowest BCUT2D eigenvalue weighted by atomic mass is 9.97. The zero-order valence-electron chi connectivity index (χ0n) is 13.9. The third-order valence-corrected chi connectivity index (χ3v) is 4.31. The lowest BCUT2D eigenvalue weighted by Gasteiger charge is -2.32. The second-order valence-electron chi connectivity index (χ2n) is 6.16. The first kappa shape index (κ1) is 16.6. The minimum absolute atomic E-state index is 0.0261. The van der Waals surface area contributed by atoms with E-state index in [1.54, 1.807) is 0 Å². The Morgan fingerprint density at radius 3 is 2.96 bits per heavy atom. The summed E-state index contributed by atoms with van der Waals surface area (Å²) in [5.41, 5.74) is 1.35. The van der Waals surface area contributed by atoms with Crippen LogP contribution in [0.2, 0.25) is 0 Å². The van der Waals surface area contributed by atoms with E-state index in [1.807, 2.05) is 6.07 Å². The Morgan fingerprint density at radius 1 is 1.33 bits per heavy atom. The summed E-state index contributed by atoms with van der Waals surface area (Å²) in [5.74, 6) is 0.368. The lowest BCUT2D eigenvalue weighted by molar-refractivity contribution is 0.173. The van der Waals surface area contributed by atoms with Crippen LogP contribution in [0.25, 0.3) is 0 Å². The van der Waals surface area contributed by atoms with Crippen LogP contribution in [-0.4, -0.2) is 41.6 Å². The molecule has 24 heavy (non-hydrogen) atoms. The van der Waals surface area contributed by atoms with Crippen LogP contribution in [0.5, 0.6) is 5.88 Å². The van der Waals surface area contributed by atoms with Crippen molar-refractivity contribution < 1.29 is 9.13 Å². The molecule has 1 fully saturated rings. The van der Waals surface area contributed by atoms with Crippen molar-refractivity contribution in [3.05, 3.63) is 47.9 Å². The van der Waals surface area contributed by atoms with Crippen molar-refractivity contribution in [1.29, 1.82) is 0 Å². The van der Waals surface area contributed by atoms with E-state index < -0.39 is 5.82 Å². The summed E-state index contributed by atoms with van der Waals surface area (Å²) in [6, 6.07) is 10.5. The van der Waals surface area contributed by atoms with Gasteiger partial charge in [0.05, 0.1) is 13.3 Å². The van der Waals surface area contributed by atoms with Crippen molar-refractivity contribution >= 4 is 5.95 Å². The molecule has 1 saturated heterocycles. The number of rotatable bonds is 6. The molecule has 1 atom stereocenters. The maximum absolute atomic E-state index is 13.3. The number of halogens is 1. The van der Waals surface area contributed by atoms with Crippen molar-refractivity contribution in [2.45, 2.75) is 19.4 Å². The predicted octanol–water partition coefficient (Wildman–Crippen LogP) is 2.95. The molecule has 5 nitrogen and oxygen atoms in total. The second-order valence-corrected chi connectivity index (χ2v) is 6.16. The highest BCUT2D eigenvalue weighted by Gasteiger charge is 2.20. The fourth-order valence-corrected chi connectivity index (χ4v) is 3.12. The molecule has 2 aromatic rings. The van der Waals surface area contributed by atoms with Crippen LogP contribution < -0.4 is 10.1 Å². The van der Waals surface area contributed by atoms with Crippen LogP contribution in [0, 0.1) is 11.7 Å². The number of hydrogen-bond donors (Lipinski definition) is 1. The molecule has 0 aliphatic carbocycles. The number of ether oxygens (including phenoxy) is 1. The summed E-state index contributed by atoms with van der Waals surface area (Å²) in [5, 5.41) is 3.21. The lowest BCUT2D eigenvalue weighted by Crippen LogP contribution is -2.37. The van der Waals surface area contributed by atoms with E-state index in [-0.39, 0.29) is 5.88 Å². The van der Waals surface area contributed by atoms with Crippen molar-refractivity contribution in [1.82, 2.24) is 14.9 Å². The molecule has 0 amide bonds. The Labute approximate surface area is 141 Å². The first-order chi connectivity index (χ1) is 11.7. The van der Waals surface area contributed by atoms with Gasteiger partial charge in [0.1, 0.15) is 0 Å². The van der Waals surface area contributed by atoms with E-state index >= 15 is 0 Å². The van der Waals surface area contributed by atoms with Gasteiger partial charge in [0, 0.05) is 19.6 Å². The van der Waals surface area contributed by atoms with E-state index in [2.05, 4.69) is 44.5 Å². The standard InChI is InChI=1S/C18H23FN4O/c1-24-17-16(19)11-21-18(22-17)20-10-15-8-5-9-23(13-15)12-14-6-3-2-4-7-14/h2-4,6-7,11,15H,5,8-10,12-13H2,1H3,(H,20,21,22). The number of nitrogens with zero attached hydrogens (tertiary/aromatic N) is 3. The Balaban J connectivity index is 1.52. The fourth-order valence-electron chi connectivity index (χ4n) is 3.12. The number of benzene rings is 1. The summed E-state index contributed by atoms with van der Waals surface area (Å²) in [4.78, 5) is 10.5. The highest BCUT2D eigenvalue weighted by atomic mass is 19.1. The van der Waals surface area contributed by atoms with Crippen molar-refractivity contribution in [3.63, 3.8) is 0 Å². The zero-order chi connectivity index (χ0) is 16.8. The molecule has 3 rings (SSSR count). The van der Waals surface area contributed by atoms with Crippen LogP contribution in [0.15, 0.2) is 36.5 Å². The van der Waals surface area contributed by atoms with Gasteiger partial charge < -0.3 is 10.1 Å². The molecule has 1 N–H and O–H groups in total. The first-order valence-electron chi connectivity index (χ1n) is 8.31. The average Bonchev–Trinajstić information content (AvgIpc) is 2.62. The highest BCUT2D eigenvalue weighted by Crippen LogP contribution is 2.20. The Morgan fingerprint density at radius 2 is 2.17 bits per heavy atom. The summed E-state index contributed by atoms with van der Waals surface area (Å²) < 4.78 is 18.2. The van der Waals surface area contributed by atoms with Crippen LogP contribution in [0.3, 0.4) is 0 Å². The van der Waals surface area contributed by atoms with Gasteiger partial charge in [-0.2, -0.15) is 9.37 Å². The third kappa shape index (κ3) is 4.41. The molecule has 0 bridgehead atoms. The summed E-state index contributed by atoms with van der Waals surface area (Å²) in [6.07, 6.45) is 3.50. The number of methoxy groups -OCH3 is 1. The average molecular weight is 330 g/mol. The van der Waals surface area contributed by atoms with Crippen LogP contribution >= 0.6 is 0 Å².